The molecule has 5 heteroatoms. The molecule has 154 valence electrons. The van der Waals surface area contributed by atoms with Crippen LogP contribution >= 0.6 is 0 Å². The SMILES string of the molecule is C=C(C)C(=O)OCCCCCCCCCCCC[Si](C)(OCC)OCC. The summed E-state index contributed by atoms with van der Waals surface area (Å²) in [7, 11) is -1.90. The molecule has 0 heterocycles. The second-order valence-corrected chi connectivity index (χ2v) is 10.5. The van der Waals surface area contributed by atoms with Crippen molar-refractivity contribution in [1.29, 1.82) is 0 Å². The van der Waals surface area contributed by atoms with E-state index in [2.05, 4.69) is 27.0 Å². The Labute approximate surface area is 162 Å². The van der Waals surface area contributed by atoms with Gasteiger partial charge in [-0.2, -0.15) is 0 Å². The van der Waals surface area contributed by atoms with E-state index in [0.29, 0.717) is 12.2 Å². The van der Waals surface area contributed by atoms with Crippen LogP contribution in [0.2, 0.25) is 12.6 Å². The van der Waals surface area contributed by atoms with Gasteiger partial charge in [-0.25, -0.2) is 4.79 Å². The Morgan fingerprint density at radius 3 is 1.65 bits per heavy atom. The molecule has 0 atom stereocenters. The van der Waals surface area contributed by atoms with Crippen LogP contribution in [0.1, 0.15) is 85.0 Å². The molecule has 0 fully saturated rings. The lowest BCUT2D eigenvalue weighted by Crippen LogP contribution is -2.38. The van der Waals surface area contributed by atoms with Gasteiger partial charge in [0.2, 0.25) is 0 Å². The van der Waals surface area contributed by atoms with Crippen LogP contribution in [0.15, 0.2) is 12.2 Å². The van der Waals surface area contributed by atoms with Gasteiger partial charge in [0.05, 0.1) is 6.61 Å². The Kier molecular flexibility index (Phi) is 16.1. The Morgan fingerprint density at radius 2 is 1.23 bits per heavy atom. The van der Waals surface area contributed by atoms with Crippen LogP contribution in [0.25, 0.3) is 0 Å². The van der Waals surface area contributed by atoms with E-state index < -0.39 is 8.56 Å². The summed E-state index contributed by atoms with van der Waals surface area (Å²) < 4.78 is 16.8. The number of carbonyl (C=O) groups excluding carboxylic acids is 1. The maximum absolute atomic E-state index is 11.2. The molecule has 0 saturated heterocycles. The zero-order valence-electron chi connectivity index (χ0n) is 17.7. The summed E-state index contributed by atoms with van der Waals surface area (Å²) in [5.41, 5.74) is 0.479. The molecule has 0 spiro atoms. The fourth-order valence-corrected chi connectivity index (χ4v) is 5.53. The number of hydrogen-bond acceptors (Lipinski definition) is 4. The van der Waals surface area contributed by atoms with Gasteiger partial charge in [0.15, 0.2) is 0 Å². The van der Waals surface area contributed by atoms with Crippen LogP contribution in [0.3, 0.4) is 0 Å². The second kappa shape index (κ2) is 16.5. The van der Waals surface area contributed by atoms with Gasteiger partial charge in [0, 0.05) is 18.8 Å². The van der Waals surface area contributed by atoms with Crippen molar-refractivity contribution in [3.63, 3.8) is 0 Å². The van der Waals surface area contributed by atoms with Gasteiger partial charge in [-0.05, 0) is 39.8 Å². The molecule has 0 aliphatic heterocycles. The monoisotopic (exact) mass is 386 g/mol. The Hall–Kier alpha value is -0.653. The molecule has 0 aromatic heterocycles. The smallest absolute Gasteiger partial charge is 0.334 e. The molecule has 0 rings (SSSR count). The molecular formula is C21H42O4Si. The highest BCUT2D eigenvalue weighted by Crippen LogP contribution is 2.19. The fraction of sp³-hybridized carbons (Fsp3) is 0.857. The zero-order valence-corrected chi connectivity index (χ0v) is 18.7. The topological polar surface area (TPSA) is 44.8 Å². The molecule has 0 amide bonds. The van der Waals surface area contributed by atoms with E-state index >= 15 is 0 Å². The quantitative estimate of drug-likeness (QED) is 0.123. The van der Waals surface area contributed by atoms with E-state index in [9.17, 15) is 4.79 Å². The van der Waals surface area contributed by atoms with Gasteiger partial charge in [-0.15, -0.1) is 0 Å². The molecule has 0 aliphatic carbocycles. The van der Waals surface area contributed by atoms with Crippen LogP contribution in [0, 0.1) is 0 Å². The molecular weight excluding hydrogens is 344 g/mol. The van der Waals surface area contributed by atoms with E-state index in [1.807, 2.05) is 0 Å². The molecule has 0 aromatic rings. The minimum Gasteiger partial charge on any atom is -0.462 e. The predicted octanol–water partition coefficient (Wildman–Crippen LogP) is 6.15. The molecule has 0 saturated carbocycles. The van der Waals surface area contributed by atoms with Gasteiger partial charge in [-0.3, -0.25) is 0 Å². The van der Waals surface area contributed by atoms with Crippen LogP contribution in [-0.4, -0.2) is 34.4 Å². The minimum atomic E-state index is -1.90. The summed E-state index contributed by atoms with van der Waals surface area (Å²) in [6.45, 7) is 13.6. The predicted molar refractivity (Wildman–Crippen MR) is 112 cm³/mol. The lowest BCUT2D eigenvalue weighted by Gasteiger charge is -2.25. The van der Waals surface area contributed by atoms with Gasteiger partial charge in [0.25, 0.3) is 0 Å². The number of unbranched alkanes of at least 4 members (excludes halogenated alkanes) is 9. The summed E-state index contributed by atoms with van der Waals surface area (Å²) >= 11 is 0. The van der Waals surface area contributed by atoms with Crippen molar-refractivity contribution in [2.75, 3.05) is 19.8 Å². The van der Waals surface area contributed by atoms with Crippen molar-refractivity contribution in [2.45, 2.75) is 97.6 Å². The maximum Gasteiger partial charge on any atom is 0.334 e. The fourth-order valence-electron chi connectivity index (χ4n) is 3.05. The summed E-state index contributed by atoms with van der Waals surface area (Å²) in [6.07, 6.45) is 12.4. The maximum atomic E-state index is 11.2. The van der Waals surface area contributed by atoms with Crippen LogP contribution in [0.5, 0.6) is 0 Å². The summed E-state index contributed by atoms with van der Waals surface area (Å²) in [6, 6.07) is 1.12. The van der Waals surface area contributed by atoms with Gasteiger partial charge < -0.3 is 13.6 Å². The highest BCUT2D eigenvalue weighted by atomic mass is 28.4. The Bertz CT molecular complexity index is 365. The first-order valence-corrected chi connectivity index (χ1v) is 13.1. The first kappa shape index (κ1) is 25.3. The van der Waals surface area contributed by atoms with Gasteiger partial charge >= 0.3 is 14.5 Å². The number of carbonyl (C=O) groups is 1. The lowest BCUT2D eigenvalue weighted by atomic mass is 10.1. The average molecular weight is 387 g/mol. The van der Waals surface area contributed by atoms with Crippen molar-refractivity contribution in [3.8, 4) is 0 Å². The first-order chi connectivity index (χ1) is 12.4. The van der Waals surface area contributed by atoms with E-state index in [0.717, 1.165) is 32.1 Å². The van der Waals surface area contributed by atoms with Crippen molar-refractivity contribution in [2.24, 2.45) is 0 Å². The minimum absolute atomic E-state index is 0.268. The van der Waals surface area contributed by atoms with E-state index in [1.54, 1.807) is 6.92 Å². The third-order valence-corrected chi connectivity index (χ3v) is 7.57. The molecule has 0 radical (unpaired) electrons. The number of hydrogen-bond donors (Lipinski definition) is 0. The van der Waals surface area contributed by atoms with Crippen LogP contribution in [0.4, 0.5) is 0 Å². The number of rotatable bonds is 18. The molecule has 4 nitrogen and oxygen atoms in total. The largest absolute Gasteiger partial charge is 0.462 e. The molecule has 0 bridgehead atoms. The van der Waals surface area contributed by atoms with E-state index in [-0.39, 0.29) is 5.97 Å². The summed E-state index contributed by atoms with van der Waals surface area (Å²) in [4.78, 5) is 11.2. The third kappa shape index (κ3) is 14.5. The Morgan fingerprint density at radius 1 is 0.808 bits per heavy atom. The molecule has 26 heavy (non-hydrogen) atoms. The first-order valence-electron chi connectivity index (χ1n) is 10.6. The van der Waals surface area contributed by atoms with Gasteiger partial charge in [-0.1, -0.05) is 64.4 Å². The summed E-state index contributed by atoms with van der Waals surface area (Å²) in [5.74, 6) is -0.268. The normalized spacial score (nSPS) is 11.5. The third-order valence-electron chi connectivity index (χ3n) is 4.51. The highest BCUT2D eigenvalue weighted by molar-refractivity contribution is 6.66. The standard InChI is InChI=1S/C21H42O4Si/c1-6-24-26(5,25-7-2)19-17-15-13-11-9-8-10-12-14-16-18-23-21(22)20(3)4/h3,6-19H2,1-2,4-5H3. The second-order valence-electron chi connectivity index (χ2n) is 7.20. The molecule has 0 N–H and O–H groups in total. The Balaban J connectivity index is 3.38. The van der Waals surface area contributed by atoms with Crippen molar-refractivity contribution < 1.29 is 18.4 Å². The molecule has 0 aromatic carbocycles. The van der Waals surface area contributed by atoms with Crippen LogP contribution in [-0.2, 0) is 18.4 Å². The van der Waals surface area contributed by atoms with E-state index in [1.165, 1.54) is 51.4 Å². The van der Waals surface area contributed by atoms with Crippen molar-refractivity contribution in [1.82, 2.24) is 0 Å². The van der Waals surface area contributed by atoms with Crippen molar-refractivity contribution >= 4 is 14.5 Å². The highest BCUT2D eigenvalue weighted by Gasteiger charge is 2.29. The average Bonchev–Trinajstić information content (AvgIpc) is 2.59. The number of esters is 1. The van der Waals surface area contributed by atoms with Crippen molar-refractivity contribution in [3.05, 3.63) is 12.2 Å². The molecule has 0 aliphatic rings. The zero-order chi connectivity index (χ0) is 19.7. The lowest BCUT2D eigenvalue weighted by molar-refractivity contribution is -0.139. The van der Waals surface area contributed by atoms with E-state index in [4.69, 9.17) is 13.6 Å². The molecule has 0 unspecified atom stereocenters. The summed E-state index contributed by atoms with van der Waals surface area (Å²) in [5, 5.41) is 0. The number of ether oxygens (including phenoxy) is 1. The van der Waals surface area contributed by atoms with Gasteiger partial charge in [0.1, 0.15) is 0 Å². The van der Waals surface area contributed by atoms with Crippen LogP contribution < -0.4 is 0 Å².